The Balaban J connectivity index is 1.72. The number of ether oxygens (including phenoxy) is 2. The number of likely N-dealkylation sites (N-methyl/N-ethyl adjacent to an activating group) is 1. The molecule has 0 radical (unpaired) electrons. The Hall–Kier alpha value is -4.12. The molecule has 3 amide bonds. The minimum atomic E-state index is -1.73. The zero-order chi connectivity index (χ0) is 30.2. The molecule has 2 aromatic carbocycles. The largest absolute Gasteiger partial charge is 0.493 e. The molecule has 1 unspecified atom stereocenters. The van der Waals surface area contributed by atoms with Crippen LogP contribution in [0, 0.1) is 5.41 Å². The van der Waals surface area contributed by atoms with Crippen LogP contribution in [0.1, 0.15) is 65.3 Å². The Bertz CT molecular complexity index is 1410. The summed E-state index contributed by atoms with van der Waals surface area (Å²) in [7, 11) is 2.93. The van der Waals surface area contributed by atoms with Crippen LogP contribution in [0.5, 0.6) is 11.5 Å². The number of carboxylic acids is 1. The van der Waals surface area contributed by atoms with Crippen molar-refractivity contribution < 1.29 is 33.8 Å². The summed E-state index contributed by atoms with van der Waals surface area (Å²) in [5.74, 6) is -2.25. The lowest BCUT2D eigenvalue weighted by molar-refractivity contribution is -0.170. The van der Waals surface area contributed by atoms with Crippen molar-refractivity contribution in [2.45, 2.75) is 44.6 Å². The van der Waals surface area contributed by atoms with Gasteiger partial charge < -0.3 is 30.1 Å². The first-order valence-corrected chi connectivity index (χ1v) is 14.4. The van der Waals surface area contributed by atoms with Crippen LogP contribution >= 0.6 is 0 Å². The van der Waals surface area contributed by atoms with E-state index >= 15 is 0 Å². The number of hydrogen-bond acceptors (Lipinski definition) is 8. The Labute approximate surface area is 245 Å². The Kier molecular flexibility index (Phi) is 7.89. The number of anilines is 1. The molecule has 1 atom stereocenters. The van der Waals surface area contributed by atoms with Crippen LogP contribution in [-0.2, 0) is 15.1 Å². The standard InChI is InChI=1S/C31H38N4O7/c1-4-33-15-17-34(18-16-33)22-8-5-7-21-26(22)28(38)35(27(21)37)31(14-11-25(32)36,30(29(39)40)12-6-13-30)20-9-10-23(41-2)24(19-20)42-3/h5,7-10,19H,4,6,11-18H2,1-3H3,(H2,32,36)(H,39,40). The van der Waals surface area contributed by atoms with Gasteiger partial charge in [0, 0.05) is 32.6 Å². The topological polar surface area (TPSA) is 143 Å². The molecule has 224 valence electrons. The van der Waals surface area contributed by atoms with Crippen molar-refractivity contribution in [1.29, 1.82) is 0 Å². The lowest BCUT2D eigenvalue weighted by Crippen LogP contribution is -2.65. The van der Waals surface area contributed by atoms with Gasteiger partial charge in [-0.15, -0.1) is 0 Å². The van der Waals surface area contributed by atoms with Crippen molar-refractivity contribution in [3.63, 3.8) is 0 Å². The van der Waals surface area contributed by atoms with Crippen molar-refractivity contribution in [2.24, 2.45) is 11.1 Å². The second-order valence-corrected chi connectivity index (χ2v) is 11.2. The zero-order valence-corrected chi connectivity index (χ0v) is 24.4. The van der Waals surface area contributed by atoms with Gasteiger partial charge in [-0.1, -0.05) is 25.5 Å². The predicted molar refractivity (Wildman–Crippen MR) is 155 cm³/mol. The lowest BCUT2D eigenvalue weighted by atomic mass is 9.52. The molecule has 0 aromatic heterocycles. The van der Waals surface area contributed by atoms with E-state index in [1.54, 1.807) is 30.3 Å². The van der Waals surface area contributed by atoms with E-state index < -0.39 is 34.6 Å². The van der Waals surface area contributed by atoms with Crippen LogP contribution in [0.25, 0.3) is 0 Å². The second-order valence-electron chi connectivity index (χ2n) is 11.2. The summed E-state index contributed by atoms with van der Waals surface area (Å²) < 4.78 is 11.0. The smallest absolute Gasteiger partial charge is 0.312 e. The average Bonchev–Trinajstić information content (AvgIpc) is 3.23. The van der Waals surface area contributed by atoms with Gasteiger partial charge in [0.25, 0.3) is 11.8 Å². The van der Waals surface area contributed by atoms with E-state index in [0.29, 0.717) is 42.3 Å². The number of carbonyl (C=O) groups is 4. The van der Waals surface area contributed by atoms with Gasteiger partial charge in [-0.3, -0.25) is 24.1 Å². The predicted octanol–water partition coefficient (Wildman–Crippen LogP) is 2.86. The van der Waals surface area contributed by atoms with E-state index in [2.05, 4.69) is 16.7 Å². The number of primary amides is 1. The van der Waals surface area contributed by atoms with Gasteiger partial charge in [-0.2, -0.15) is 0 Å². The maximum absolute atomic E-state index is 14.6. The van der Waals surface area contributed by atoms with E-state index in [9.17, 15) is 24.3 Å². The minimum Gasteiger partial charge on any atom is -0.493 e. The number of piperazine rings is 1. The van der Waals surface area contributed by atoms with Gasteiger partial charge in [0.05, 0.1) is 42.0 Å². The number of methoxy groups -OCH3 is 2. The maximum atomic E-state index is 14.6. The highest BCUT2D eigenvalue weighted by molar-refractivity contribution is 6.24. The fourth-order valence-corrected chi connectivity index (χ4v) is 7.03. The van der Waals surface area contributed by atoms with E-state index in [1.807, 2.05) is 6.07 Å². The van der Waals surface area contributed by atoms with Crippen molar-refractivity contribution in [1.82, 2.24) is 9.80 Å². The first-order chi connectivity index (χ1) is 20.1. The van der Waals surface area contributed by atoms with Crippen LogP contribution in [0.15, 0.2) is 36.4 Å². The Morgan fingerprint density at radius 2 is 1.69 bits per heavy atom. The maximum Gasteiger partial charge on any atom is 0.312 e. The molecule has 0 bridgehead atoms. The van der Waals surface area contributed by atoms with Gasteiger partial charge in [-0.05, 0) is 55.6 Å². The van der Waals surface area contributed by atoms with Gasteiger partial charge >= 0.3 is 5.97 Å². The van der Waals surface area contributed by atoms with Gasteiger partial charge in [0.2, 0.25) is 5.91 Å². The SMILES string of the molecule is CCN1CCN(c2cccc3c2C(=O)N(C(CCC(N)=O)(c2ccc(OC)c(OC)c2)C2(C(=O)O)CCC2)C3=O)CC1. The minimum absolute atomic E-state index is 0.153. The Morgan fingerprint density at radius 3 is 2.24 bits per heavy atom. The molecule has 0 spiro atoms. The molecule has 1 saturated heterocycles. The van der Waals surface area contributed by atoms with Crippen LogP contribution in [0.3, 0.4) is 0 Å². The third-order valence-corrected chi connectivity index (χ3v) is 9.44. The van der Waals surface area contributed by atoms with Crippen molar-refractivity contribution in [3.8, 4) is 11.5 Å². The molecule has 3 aliphatic rings. The molecule has 1 saturated carbocycles. The number of rotatable bonds is 11. The summed E-state index contributed by atoms with van der Waals surface area (Å²) in [4.78, 5) is 60.1. The van der Waals surface area contributed by atoms with E-state index in [1.165, 1.54) is 14.2 Å². The number of carbonyl (C=O) groups excluding carboxylic acids is 3. The monoisotopic (exact) mass is 578 g/mol. The van der Waals surface area contributed by atoms with E-state index in [-0.39, 0.29) is 36.8 Å². The number of imide groups is 1. The molecule has 11 nitrogen and oxygen atoms in total. The number of benzene rings is 2. The molecule has 42 heavy (non-hydrogen) atoms. The molecule has 2 heterocycles. The molecular formula is C31H38N4O7. The van der Waals surface area contributed by atoms with Gasteiger partial charge in [0.15, 0.2) is 11.5 Å². The van der Waals surface area contributed by atoms with E-state index in [0.717, 1.165) is 24.5 Å². The van der Waals surface area contributed by atoms with Crippen molar-refractivity contribution in [3.05, 3.63) is 53.1 Å². The number of fused-ring (bicyclic) bond motifs is 1. The summed E-state index contributed by atoms with van der Waals surface area (Å²) in [5.41, 5.74) is 3.86. The van der Waals surface area contributed by atoms with Crippen LogP contribution < -0.4 is 20.1 Å². The third-order valence-electron chi connectivity index (χ3n) is 9.44. The normalized spacial score (nSPS) is 19.6. The summed E-state index contributed by atoms with van der Waals surface area (Å²) in [5, 5.41) is 10.8. The zero-order valence-electron chi connectivity index (χ0n) is 24.4. The highest BCUT2D eigenvalue weighted by Crippen LogP contribution is 2.61. The first-order valence-electron chi connectivity index (χ1n) is 14.4. The fourth-order valence-electron chi connectivity index (χ4n) is 7.03. The summed E-state index contributed by atoms with van der Waals surface area (Å²) in [6.45, 7) is 6.05. The van der Waals surface area contributed by atoms with Crippen LogP contribution in [0.2, 0.25) is 0 Å². The number of nitrogens with zero attached hydrogens (tertiary/aromatic N) is 3. The third kappa shape index (κ3) is 4.38. The molecule has 11 heteroatoms. The van der Waals surface area contributed by atoms with E-state index in [4.69, 9.17) is 15.2 Å². The van der Waals surface area contributed by atoms with Gasteiger partial charge in [-0.25, -0.2) is 0 Å². The van der Waals surface area contributed by atoms with Crippen molar-refractivity contribution >= 4 is 29.4 Å². The average molecular weight is 579 g/mol. The molecule has 5 rings (SSSR count). The fraction of sp³-hybridized carbons (Fsp3) is 0.484. The quantitative estimate of drug-likeness (QED) is 0.385. The Morgan fingerprint density at radius 1 is 1.00 bits per heavy atom. The number of hydrogen-bond donors (Lipinski definition) is 2. The first kappa shape index (κ1) is 29.4. The highest BCUT2D eigenvalue weighted by Gasteiger charge is 2.67. The number of nitrogens with two attached hydrogens (primary N) is 1. The summed E-state index contributed by atoms with van der Waals surface area (Å²) >= 11 is 0. The van der Waals surface area contributed by atoms with Crippen molar-refractivity contribution in [2.75, 3.05) is 51.8 Å². The number of amides is 3. The molecule has 2 aliphatic heterocycles. The van der Waals surface area contributed by atoms with Crippen LogP contribution in [-0.4, -0.2) is 85.5 Å². The summed E-state index contributed by atoms with van der Waals surface area (Å²) in [6, 6.07) is 10.1. The summed E-state index contributed by atoms with van der Waals surface area (Å²) in [6.07, 6.45) is 0.639. The molecular weight excluding hydrogens is 540 g/mol. The number of aliphatic carboxylic acids is 1. The second kappa shape index (κ2) is 11.3. The van der Waals surface area contributed by atoms with Crippen LogP contribution in [0.4, 0.5) is 5.69 Å². The highest BCUT2D eigenvalue weighted by atomic mass is 16.5. The lowest BCUT2D eigenvalue weighted by Gasteiger charge is -2.56. The molecule has 2 fully saturated rings. The molecule has 3 N–H and O–H groups in total. The van der Waals surface area contributed by atoms with Gasteiger partial charge in [0.1, 0.15) is 0 Å². The number of carboxylic acid groups (broad SMARTS) is 1. The molecule has 1 aliphatic carbocycles. The molecule has 2 aromatic rings.